The lowest BCUT2D eigenvalue weighted by Gasteiger charge is -2.34. The molecule has 2 rings (SSSR count). The van der Waals surface area contributed by atoms with Crippen LogP contribution in [0.4, 0.5) is 0 Å². The summed E-state index contributed by atoms with van der Waals surface area (Å²) in [5.74, 6) is 0.881. The Labute approximate surface area is 164 Å². The SMILES string of the molecule is CCNC(=NCCS(=O)(=O)C(C)(C)C)N1CCC(OCC2CCCO2)CC1. The number of guanidine groups is 1. The van der Waals surface area contributed by atoms with E-state index in [4.69, 9.17) is 9.47 Å². The molecule has 0 spiro atoms. The summed E-state index contributed by atoms with van der Waals surface area (Å²) in [6.45, 7) is 11.6. The van der Waals surface area contributed by atoms with E-state index in [2.05, 4.69) is 15.2 Å². The Morgan fingerprint density at radius 2 is 1.96 bits per heavy atom. The van der Waals surface area contributed by atoms with Gasteiger partial charge in [0.05, 0.1) is 35.9 Å². The van der Waals surface area contributed by atoms with Gasteiger partial charge >= 0.3 is 0 Å². The Bertz CT molecular complexity index is 572. The van der Waals surface area contributed by atoms with Gasteiger partial charge in [-0.2, -0.15) is 0 Å². The summed E-state index contributed by atoms with van der Waals surface area (Å²) in [5, 5.41) is 3.29. The molecule has 27 heavy (non-hydrogen) atoms. The van der Waals surface area contributed by atoms with Crippen molar-refractivity contribution in [2.24, 2.45) is 4.99 Å². The van der Waals surface area contributed by atoms with Crippen molar-refractivity contribution in [3.05, 3.63) is 0 Å². The van der Waals surface area contributed by atoms with Crippen LogP contribution in [0.5, 0.6) is 0 Å². The number of piperidine rings is 1. The Morgan fingerprint density at radius 1 is 1.26 bits per heavy atom. The number of nitrogens with zero attached hydrogens (tertiary/aromatic N) is 2. The van der Waals surface area contributed by atoms with Gasteiger partial charge in [-0.05, 0) is 53.4 Å². The Morgan fingerprint density at radius 3 is 2.52 bits per heavy atom. The molecular weight excluding hydrogens is 366 g/mol. The molecule has 1 unspecified atom stereocenters. The van der Waals surface area contributed by atoms with E-state index in [1.807, 2.05) is 6.92 Å². The fourth-order valence-electron chi connectivity index (χ4n) is 3.26. The Balaban J connectivity index is 1.80. The van der Waals surface area contributed by atoms with Gasteiger partial charge in [-0.15, -0.1) is 0 Å². The van der Waals surface area contributed by atoms with Gasteiger partial charge in [-0.3, -0.25) is 4.99 Å². The molecule has 1 atom stereocenters. The van der Waals surface area contributed by atoms with Crippen LogP contribution in [0.1, 0.15) is 53.4 Å². The zero-order valence-corrected chi connectivity index (χ0v) is 18.2. The van der Waals surface area contributed by atoms with E-state index in [-0.39, 0.29) is 24.5 Å². The Kier molecular flexibility index (Phi) is 8.37. The second kappa shape index (κ2) is 10.1. The summed E-state index contributed by atoms with van der Waals surface area (Å²) in [4.78, 5) is 6.77. The molecule has 7 nitrogen and oxygen atoms in total. The number of aliphatic imine (C=N–C) groups is 1. The molecule has 0 amide bonds. The normalized spacial score (nSPS) is 23.0. The molecule has 158 valence electrons. The average molecular weight is 404 g/mol. The summed E-state index contributed by atoms with van der Waals surface area (Å²) >= 11 is 0. The van der Waals surface area contributed by atoms with Crippen LogP contribution in [0.3, 0.4) is 0 Å². The number of nitrogens with one attached hydrogen (secondary N) is 1. The molecule has 2 heterocycles. The molecule has 0 aromatic heterocycles. The van der Waals surface area contributed by atoms with Crippen molar-refractivity contribution >= 4 is 15.8 Å². The minimum absolute atomic E-state index is 0.0758. The van der Waals surface area contributed by atoms with Gasteiger partial charge in [0, 0.05) is 26.2 Å². The molecule has 0 aromatic rings. The van der Waals surface area contributed by atoms with E-state index in [9.17, 15) is 8.42 Å². The van der Waals surface area contributed by atoms with Gasteiger partial charge in [0.2, 0.25) is 0 Å². The van der Waals surface area contributed by atoms with Crippen molar-refractivity contribution in [2.75, 3.05) is 45.1 Å². The standard InChI is InChI=1S/C19H37N3O4S/c1-5-20-18(21-10-14-27(23,24)19(2,3)4)22-11-8-16(9-12-22)26-15-17-7-6-13-25-17/h16-17H,5-15H2,1-4H3,(H,20,21). The predicted octanol–water partition coefficient (Wildman–Crippen LogP) is 1.83. The maximum atomic E-state index is 12.3. The van der Waals surface area contributed by atoms with Crippen molar-refractivity contribution in [1.29, 1.82) is 0 Å². The number of likely N-dealkylation sites (tertiary alicyclic amines) is 1. The maximum absolute atomic E-state index is 12.3. The largest absolute Gasteiger partial charge is 0.376 e. The van der Waals surface area contributed by atoms with Crippen LogP contribution in [0.25, 0.3) is 0 Å². The monoisotopic (exact) mass is 403 g/mol. The number of sulfone groups is 1. The summed E-state index contributed by atoms with van der Waals surface area (Å²) in [6.07, 6.45) is 4.70. The number of ether oxygens (including phenoxy) is 2. The molecule has 0 bridgehead atoms. The van der Waals surface area contributed by atoms with Gasteiger partial charge in [-0.1, -0.05) is 0 Å². The number of hydrogen-bond donors (Lipinski definition) is 1. The molecule has 0 saturated carbocycles. The molecule has 8 heteroatoms. The van der Waals surface area contributed by atoms with Crippen LogP contribution in [0, 0.1) is 0 Å². The highest BCUT2D eigenvalue weighted by molar-refractivity contribution is 7.92. The maximum Gasteiger partial charge on any atom is 0.193 e. The van der Waals surface area contributed by atoms with Crippen molar-refractivity contribution in [2.45, 2.75) is 70.3 Å². The highest BCUT2D eigenvalue weighted by Crippen LogP contribution is 2.18. The molecule has 0 aliphatic carbocycles. The predicted molar refractivity (Wildman–Crippen MR) is 109 cm³/mol. The topological polar surface area (TPSA) is 80.2 Å². The fraction of sp³-hybridized carbons (Fsp3) is 0.947. The zero-order chi connectivity index (χ0) is 19.9. The van der Waals surface area contributed by atoms with E-state index in [0.717, 1.165) is 57.9 Å². The van der Waals surface area contributed by atoms with Crippen molar-refractivity contribution in [3.63, 3.8) is 0 Å². The molecule has 2 fully saturated rings. The van der Waals surface area contributed by atoms with Gasteiger partial charge in [0.15, 0.2) is 15.8 Å². The average Bonchev–Trinajstić information content (AvgIpc) is 3.12. The lowest BCUT2D eigenvalue weighted by atomic mass is 10.1. The quantitative estimate of drug-likeness (QED) is 0.516. The summed E-state index contributed by atoms with van der Waals surface area (Å²) < 4.78 is 35.4. The molecular formula is C19H37N3O4S. The third-order valence-corrected chi connectivity index (χ3v) is 7.76. The molecule has 2 aliphatic rings. The van der Waals surface area contributed by atoms with Crippen LogP contribution in [-0.4, -0.2) is 81.4 Å². The van der Waals surface area contributed by atoms with Crippen molar-refractivity contribution < 1.29 is 17.9 Å². The zero-order valence-electron chi connectivity index (χ0n) is 17.4. The van der Waals surface area contributed by atoms with E-state index < -0.39 is 14.6 Å². The Hall–Kier alpha value is -0.860. The van der Waals surface area contributed by atoms with Gasteiger partial charge < -0.3 is 19.7 Å². The molecule has 2 aliphatic heterocycles. The second-order valence-electron chi connectivity index (χ2n) is 8.32. The first kappa shape index (κ1) is 22.4. The first-order valence-electron chi connectivity index (χ1n) is 10.2. The van der Waals surface area contributed by atoms with Gasteiger partial charge in [0.25, 0.3) is 0 Å². The second-order valence-corrected chi connectivity index (χ2v) is 11.2. The molecule has 0 aromatic carbocycles. The van der Waals surface area contributed by atoms with Crippen LogP contribution >= 0.6 is 0 Å². The van der Waals surface area contributed by atoms with Gasteiger partial charge in [0.1, 0.15) is 0 Å². The van der Waals surface area contributed by atoms with Crippen molar-refractivity contribution in [1.82, 2.24) is 10.2 Å². The number of rotatable bonds is 7. The summed E-state index contributed by atoms with van der Waals surface area (Å²) in [6, 6.07) is 0. The minimum atomic E-state index is -3.15. The third-order valence-electron chi connectivity index (χ3n) is 5.17. The molecule has 2 saturated heterocycles. The molecule has 1 N–H and O–H groups in total. The van der Waals surface area contributed by atoms with Crippen LogP contribution in [0.2, 0.25) is 0 Å². The van der Waals surface area contributed by atoms with E-state index >= 15 is 0 Å². The highest BCUT2D eigenvalue weighted by atomic mass is 32.2. The molecule has 0 radical (unpaired) electrons. The van der Waals surface area contributed by atoms with E-state index in [1.54, 1.807) is 20.8 Å². The third kappa shape index (κ3) is 6.91. The van der Waals surface area contributed by atoms with Crippen LogP contribution < -0.4 is 5.32 Å². The van der Waals surface area contributed by atoms with E-state index in [0.29, 0.717) is 6.61 Å². The lowest BCUT2D eigenvalue weighted by molar-refractivity contribution is -0.0367. The van der Waals surface area contributed by atoms with Crippen molar-refractivity contribution in [3.8, 4) is 0 Å². The summed E-state index contributed by atoms with van der Waals surface area (Å²) in [7, 11) is -3.15. The smallest absolute Gasteiger partial charge is 0.193 e. The first-order chi connectivity index (χ1) is 12.7. The first-order valence-corrected chi connectivity index (χ1v) is 11.9. The van der Waals surface area contributed by atoms with E-state index in [1.165, 1.54) is 0 Å². The summed E-state index contributed by atoms with van der Waals surface area (Å²) in [5.41, 5.74) is 0. The highest BCUT2D eigenvalue weighted by Gasteiger charge is 2.28. The number of hydrogen-bond acceptors (Lipinski definition) is 5. The van der Waals surface area contributed by atoms with Gasteiger partial charge in [-0.25, -0.2) is 8.42 Å². The van der Waals surface area contributed by atoms with Crippen LogP contribution in [0.15, 0.2) is 4.99 Å². The van der Waals surface area contributed by atoms with Crippen LogP contribution in [-0.2, 0) is 19.3 Å². The minimum Gasteiger partial charge on any atom is -0.376 e. The lowest BCUT2D eigenvalue weighted by Crippen LogP contribution is -2.47. The fourth-order valence-corrected chi connectivity index (χ4v) is 4.20.